The fourth-order valence-corrected chi connectivity index (χ4v) is 2.40. The average molecular weight is 238 g/mol. The molecule has 0 amide bonds. The number of aliphatic carboxylic acids is 1. The van der Waals surface area contributed by atoms with E-state index < -0.39 is 5.97 Å². The Hall–Kier alpha value is -2.09. The molecule has 90 valence electrons. The molecule has 0 aliphatic heterocycles. The van der Waals surface area contributed by atoms with Crippen molar-refractivity contribution >= 4 is 22.8 Å². The monoisotopic (exact) mass is 238 g/mol. The summed E-state index contributed by atoms with van der Waals surface area (Å²) in [6.07, 6.45) is 3.51. The molecule has 0 unspecified atom stereocenters. The molecule has 1 saturated carbocycles. The van der Waals surface area contributed by atoms with Gasteiger partial charge in [0.2, 0.25) is 0 Å². The average Bonchev–Trinajstić information content (AvgIpc) is 2.32. The van der Waals surface area contributed by atoms with Gasteiger partial charge in [0.25, 0.3) is 0 Å². The number of hydrogen-bond donors (Lipinski definition) is 1. The molecule has 0 aromatic heterocycles. The molecule has 2 aromatic rings. The second-order valence-electron chi connectivity index (χ2n) is 4.85. The van der Waals surface area contributed by atoms with Crippen molar-refractivity contribution in [2.45, 2.75) is 12.8 Å². The van der Waals surface area contributed by atoms with Crippen molar-refractivity contribution in [3.63, 3.8) is 0 Å². The Balaban J connectivity index is 1.84. The van der Waals surface area contributed by atoms with Crippen LogP contribution in [0.3, 0.4) is 0 Å². The first-order chi connectivity index (χ1) is 8.72. The summed E-state index contributed by atoms with van der Waals surface area (Å²) in [5, 5.41) is 11.3. The third-order valence-electron chi connectivity index (χ3n) is 3.51. The maximum Gasteiger partial charge on any atom is 0.307 e. The summed E-state index contributed by atoms with van der Waals surface area (Å²) >= 11 is 0. The van der Waals surface area contributed by atoms with E-state index in [-0.39, 0.29) is 5.92 Å². The summed E-state index contributed by atoms with van der Waals surface area (Å²) in [4.78, 5) is 10.7. The van der Waals surface area contributed by atoms with E-state index in [0.717, 1.165) is 5.56 Å². The van der Waals surface area contributed by atoms with Crippen LogP contribution in [0.25, 0.3) is 16.8 Å². The number of hydrogen-bond acceptors (Lipinski definition) is 1. The van der Waals surface area contributed by atoms with Crippen LogP contribution < -0.4 is 0 Å². The molecule has 0 radical (unpaired) electrons. The SMILES string of the molecule is O=C(O)C1CC(=Cc2ccc3ccccc3c2)C1. The van der Waals surface area contributed by atoms with Crippen LogP contribution in [-0.2, 0) is 4.79 Å². The third-order valence-corrected chi connectivity index (χ3v) is 3.51. The maximum absolute atomic E-state index is 10.7. The Morgan fingerprint density at radius 1 is 1.11 bits per heavy atom. The fourth-order valence-electron chi connectivity index (χ4n) is 2.40. The van der Waals surface area contributed by atoms with Crippen LogP contribution in [-0.4, -0.2) is 11.1 Å². The molecular weight excluding hydrogens is 224 g/mol. The van der Waals surface area contributed by atoms with Crippen LogP contribution in [0.4, 0.5) is 0 Å². The highest BCUT2D eigenvalue weighted by molar-refractivity contribution is 5.85. The fraction of sp³-hybridized carbons (Fsp3) is 0.188. The number of carbonyl (C=O) groups is 1. The van der Waals surface area contributed by atoms with Gasteiger partial charge in [-0.1, -0.05) is 48.0 Å². The predicted octanol–water partition coefficient (Wildman–Crippen LogP) is 3.72. The molecule has 0 heterocycles. The Morgan fingerprint density at radius 3 is 2.56 bits per heavy atom. The molecule has 2 heteroatoms. The van der Waals surface area contributed by atoms with Gasteiger partial charge in [0.1, 0.15) is 0 Å². The second-order valence-corrected chi connectivity index (χ2v) is 4.85. The van der Waals surface area contributed by atoms with Gasteiger partial charge in [-0.3, -0.25) is 4.79 Å². The second kappa shape index (κ2) is 4.30. The minimum absolute atomic E-state index is 0.170. The van der Waals surface area contributed by atoms with Gasteiger partial charge in [0.05, 0.1) is 5.92 Å². The topological polar surface area (TPSA) is 37.3 Å². The smallest absolute Gasteiger partial charge is 0.307 e. The molecule has 0 atom stereocenters. The Labute approximate surface area is 106 Å². The zero-order valence-corrected chi connectivity index (χ0v) is 9.97. The molecule has 0 bridgehead atoms. The molecule has 1 aliphatic carbocycles. The van der Waals surface area contributed by atoms with E-state index in [1.54, 1.807) is 0 Å². The molecule has 1 aliphatic rings. The quantitative estimate of drug-likeness (QED) is 0.865. The number of fused-ring (bicyclic) bond motifs is 1. The van der Waals surface area contributed by atoms with Crippen molar-refractivity contribution in [2.75, 3.05) is 0 Å². The van der Waals surface area contributed by atoms with Gasteiger partial charge in [0, 0.05) is 0 Å². The molecule has 3 rings (SSSR count). The van der Waals surface area contributed by atoms with Gasteiger partial charge in [-0.15, -0.1) is 0 Å². The van der Waals surface area contributed by atoms with E-state index in [1.165, 1.54) is 16.3 Å². The molecule has 2 aromatic carbocycles. The maximum atomic E-state index is 10.7. The lowest BCUT2D eigenvalue weighted by Gasteiger charge is -2.25. The van der Waals surface area contributed by atoms with E-state index in [0.29, 0.717) is 12.8 Å². The van der Waals surface area contributed by atoms with Gasteiger partial charge in [0.15, 0.2) is 0 Å². The van der Waals surface area contributed by atoms with Crippen LogP contribution in [0.1, 0.15) is 18.4 Å². The predicted molar refractivity (Wildman–Crippen MR) is 72.3 cm³/mol. The van der Waals surface area contributed by atoms with Crippen LogP contribution in [0.2, 0.25) is 0 Å². The Morgan fingerprint density at radius 2 is 1.83 bits per heavy atom. The Bertz CT molecular complexity index is 632. The van der Waals surface area contributed by atoms with Crippen molar-refractivity contribution in [1.82, 2.24) is 0 Å². The number of carboxylic acids is 1. The highest BCUT2D eigenvalue weighted by atomic mass is 16.4. The summed E-state index contributed by atoms with van der Waals surface area (Å²) in [6, 6.07) is 14.6. The van der Waals surface area contributed by atoms with Crippen molar-refractivity contribution < 1.29 is 9.90 Å². The van der Waals surface area contributed by atoms with Crippen molar-refractivity contribution in [1.29, 1.82) is 0 Å². The number of carboxylic acid groups (broad SMARTS) is 1. The van der Waals surface area contributed by atoms with E-state index >= 15 is 0 Å². The molecular formula is C16H14O2. The van der Waals surface area contributed by atoms with Gasteiger partial charge < -0.3 is 5.11 Å². The number of benzene rings is 2. The van der Waals surface area contributed by atoms with Crippen LogP contribution >= 0.6 is 0 Å². The first kappa shape index (κ1) is 11.0. The zero-order chi connectivity index (χ0) is 12.5. The third kappa shape index (κ3) is 2.02. The minimum atomic E-state index is -0.675. The Kier molecular flexibility index (Phi) is 2.63. The summed E-state index contributed by atoms with van der Waals surface area (Å²) in [7, 11) is 0. The van der Waals surface area contributed by atoms with E-state index in [9.17, 15) is 4.79 Å². The van der Waals surface area contributed by atoms with Gasteiger partial charge >= 0.3 is 5.97 Å². The molecule has 1 N–H and O–H groups in total. The van der Waals surface area contributed by atoms with Crippen LogP contribution in [0, 0.1) is 5.92 Å². The van der Waals surface area contributed by atoms with E-state index in [4.69, 9.17) is 5.11 Å². The summed E-state index contributed by atoms with van der Waals surface area (Å²) < 4.78 is 0. The zero-order valence-electron chi connectivity index (χ0n) is 9.97. The van der Waals surface area contributed by atoms with E-state index in [1.807, 2.05) is 12.1 Å². The van der Waals surface area contributed by atoms with Crippen LogP contribution in [0.15, 0.2) is 48.0 Å². The summed E-state index contributed by atoms with van der Waals surface area (Å²) in [5.41, 5.74) is 2.39. The highest BCUT2D eigenvalue weighted by Crippen LogP contribution is 2.34. The molecule has 1 fully saturated rings. The van der Waals surface area contributed by atoms with Gasteiger partial charge in [-0.25, -0.2) is 0 Å². The van der Waals surface area contributed by atoms with Gasteiger partial charge in [-0.05, 0) is 35.2 Å². The van der Waals surface area contributed by atoms with Gasteiger partial charge in [-0.2, -0.15) is 0 Å². The lowest BCUT2D eigenvalue weighted by molar-refractivity contribution is -0.143. The molecule has 18 heavy (non-hydrogen) atoms. The molecule has 2 nitrogen and oxygen atoms in total. The number of allylic oxidation sites excluding steroid dienone is 1. The lowest BCUT2D eigenvalue weighted by Crippen LogP contribution is -2.23. The largest absolute Gasteiger partial charge is 0.481 e. The first-order valence-corrected chi connectivity index (χ1v) is 6.13. The minimum Gasteiger partial charge on any atom is -0.481 e. The first-order valence-electron chi connectivity index (χ1n) is 6.13. The lowest BCUT2D eigenvalue weighted by atomic mass is 9.79. The number of rotatable bonds is 2. The summed E-state index contributed by atoms with van der Waals surface area (Å²) in [6.45, 7) is 0. The standard InChI is InChI=1S/C16H14O2/c17-16(18)15-9-12(10-15)7-11-5-6-13-3-1-2-4-14(13)8-11/h1-8,15H,9-10H2,(H,17,18). The van der Waals surface area contributed by atoms with Crippen molar-refractivity contribution in [3.05, 3.63) is 53.6 Å². The van der Waals surface area contributed by atoms with E-state index in [2.05, 4.69) is 36.4 Å². The van der Waals surface area contributed by atoms with Crippen LogP contribution in [0.5, 0.6) is 0 Å². The molecule has 0 spiro atoms. The normalized spacial score (nSPS) is 18.4. The van der Waals surface area contributed by atoms with Crippen molar-refractivity contribution in [2.24, 2.45) is 5.92 Å². The summed E-state index contributed by atoms with van der Waals surface area (Å²) in [5.74, 6) is -0.845. The highest BCUT2D eigenvalue weighted by Gasteiger charge is 2.29. The van der Waals surface area contributed by atoms with Crippen molar-refractivity contribution in [3.8, 4) is 0 Å². The molecule has 0 saturated heterocycles.